The largest absolute Gasteiger partial charge is 0.337 e. The minimum atomic E-state index is -0.362. The predicted molar refractivity (Wildman–Crippen MR) is 123 cm³/mol. The zero-order chi connectivity index (χ0) is 22.5. The Balaban J connectivity index is 1.65. The van der Waals surface area contributed by atoms with E-state index < -0.39 is 0 Å². The van der Waals surface area contributed by atoms with Crippen LogP contribution in [0.2, 0.25) is 0 Å². The van der Waals surface area contributed by atoms with Crippen molar-refractivity contribution in [2.75, 3.05) is 26.2 Å². The number of carbonyl (C=O) groups is 2. The molecule has 0 aliphatic carbocycles. The fraction of sp³-hybridized carbons (Fsp3) is 0.280. The number of imidazole rings is 1. The van der Waals surface area contributed by atoms with E-state index in [-0.39, 0.29) is 17.7 Å². The Morgan fingerprint density at radius 2 is 2.03 bits per heavy atom. The van der Waals surface area contributed by atoms with Gasteiger partial charge in [-0.25, -0.2) is 4.98 Å². The van der Waals surface area contributed by atoms with Crippen molar-refractivity contribution in [3.05, 3.63) is 85.2 Å². The van der Waals surface area contributed by atoms with Crippen LogP contribution in [-0.4, -0.2) is 62.3 Å². The minimum Gasteiger partial charge on any atom is -0.337 e. The molecule has 0 saturated carbocycles. The second-order valence-corrected chi connectivity index (χ2v) is 7.99. The monoisotopic (exact) mass is 429 g/mol. The van der Waals surface area contributed by atoms with E-state index in [1.807, 2.05) is 42.6 Å². The van der Waals surface area contributed by atoms with Crippen molar-refractivity contribution in [3.63, 3.8) is 0 Å². The van der Waals surface area contributed by atoms with Crippen molar-refractivity contribution < 1.29 is 9.59 Å². The van der Waals surface area contributed by atoms with E-state index >= 15 is 0 Å². The first-order valence-corrected chi connectivity index (χ1v) is 10.7. The molecular formula is C25H27N5O2. The molecule has 2 amide bonds. The normalized spacial score (nSPS) is 16.7. The summed E-state index contributed by atoms with van der Waals surface area (Å²) in [6.07, 6.45) is 9.20. The maximum Gasteiger partial charge on any atom is 0.289 e. The van der Waals surface area contributed by atoms with E-state index in [2.05, 4.69) is 16.5 Å². The number of benzene rings is 1. The molecule has 1 saturated heterocycles. The zero-order valence-electron chi connectivity index (χ0n) is 18.2. The maximum atomic E-state index is 13.4. The van der Waals surface area contributed by atoms with Crippen molar-refractivity contribution in [1.29, 1.82) is 0 Å². The molecule has 7 nitrogen and oxygen atoms in total. The van der Waals surface area contributed by atoms with Crippen LogP contribution in [0.3, 0.4) is 0 Å². The molecule has 0 N–H and O–H groups in total. The summed E-state index contributed by atoms with van der Waals surface area (Å²) in [6.45, 7) is 5.54. The molecule has 3 aromatic rings. The van der Waals surface area contributed by atoms with E-state index in [1.165, 1.54) is 0 Å². The Hall–Kier alpha value is -3.74. The lowest BCUT2D eigenvalue weighted by atomic mass is 9.91. The maximum absolute atomic E-state index is 13.4. The molecule has 7 heteroatoms. The summed E-state index contributed by atoms with van der Waals surface area (Å²) >= 11 is 0. The van der Waals surface area contributed by atoms with Crippen LogP contribution in [0.1, 0.15) is 16.2 Å². The first-order chi connectivity index (χ1) is 15.6. The summed E-state index contributed by atoms with van der Waals surface area (Å²) in [4.78, 5) is 38.6. The van der Waals surface area contributed by atoms with Gasteiger partial charge in [0.15, 0.2) is 5.82 Å². The Kier molecular flexibility index (Phi) is 6.44. The average Bonchev–Trinajstić information content (AvgIpc) is 3.19. The van der Waals surface area contributed by atoms with Gasteiger partial charge in [0.1, 0.15) is 0 Å². The lowest BCUT2D eigenvalue weighted by Crippen LogP contribution is -2.38. The van der Waals surface area contributed by atoms with Crippen LogP contribution in [0.5, 0.6) is 0 Å². The van der Waals surface area contributed by atoms with Gasteiger partial charge in [0.2, 0.25) is 5.91 Å². The van der Waals surface area contributed by atoms with E-state index in [0.717, 1.165) is 16.7 Å². The molecule has 1 aromatic carbocycles. The van der Waals surface area contributed by atoms with Crippen LogP contribution in [0, 0.1) is 5.92 Å². The second-order valence-electron chi connectivity index (χ2n) is 7.99. The number of nitrogens with zero attached hydrogens (tertiary/aromatic N) is 5. The van der Waals surface area contributed by atoms with Crippen molar-refractivity contribution in [2.24, 2.45) is 13.0 Å². The number of pyridine rings is 1. The summed E-state index contributed by atoms with van der Waals surface area (Å²) in [6, 6.07) is 12.0. The van der Waals surface area contributed by atoms with E-state index in [1.54, 1.807) is 46.1 Å². The van der Waals surface area contributed by atoms with Gasteiger partial charge in [0.25, 0.3) is 5.91 Å². The Labute approximate surface area is 188 Å². The highest BCUT2D eigenvalue weighted by atomic mass is 16.2. The first-order valence-electron chi connectivity index (χ1n) is 10.7. The molecule has 0 spiro atoms. The summed E-state index contributed by atoms with van der Waals surface area (Å²) in [5, 5.41) is 0. The second kappa shape index (κ2) is 9.60. The number of hydrogen-bond donors (Lipinski definition) is 0. The fourth-order valence-electron chi connectivity index (χ4n) is 4.20. The van der Waals surface area contributed by atoms with E-state index in [0.29, 0.717) is 38.4 Å². The third-order valence-corrected chi connectivity index (χ3v) is 5.85. The Morgan fingerprint density at radius 3 is 2.75 bits per heavy atom. The quantitative estimate of drug-likeness (QED) is 0.565. The van der Waals surface area contributed by atoms with Crippen LogP contribution in [0.15, 0.2) is 73.8 Å². The van der Waals surface area contributed by atoms with E-state index in [4.69, 9.17) is 0 Å². The predicted octanol–water partition coefficient (Wildman–Crippen LogP) is 2.81. The molecule has 4 rings (SSSR count). The topological polar surface area (TPSA) is 71.3 Å². The first kappa shape index (κ1) is 21.5. The number of aromatic nitrogens is 3. The molecular weight excluding hydrogens is 402 g/mol. The highest BCUT2D eigenvalue weighted by Gasteiger charge is 2.33. The fourth-order valence-corrected chi connectivity index (χ4v) is 4.20. The summed E-state index contributed by atoms with van der Waals surface area (Å²) in [5.41, 5.74) is 3.12. The van der Waals surface area contributed by atoms with Gasteiger partial charge >= 0.3 is 0 Å². The summed E-state index contributed by atoms with van der Waals surface area (Å²) in [5.74, 6) is -0.0963. The number of carbonyl (C=O) groups excluding carboxylic acids is 2. The average molecular weight is 430 g/mol. The van der Waals surface area contributed by atoms with Crippen molar-refractivity contribution in [1.82, 2.24) is 24.3 Å². The van der Waals surface area contributed by atoms with Gasteiger partial charge in [0, 0.05) is 63.6 Å². The molecule has 0 bridgehead atoms. The van der Waals surface area contributed by atoms with Gasteiger partial charge in [-0.15, -0.1) is 6.58 Å². The molecule has 1 aliphatic heterocycles. The molecule has 2 aromatic heterocycles. The highest BCUT2D eigenvalue weighted by Crippen LogP contribution is 2.27. The standard InChI is InChI=1S/C25H27N5O2/c1-3-12-29-14-15-30(25(32)23-27-11-13-28(23)2)18-21(24(29)31)16-19-7-4-5-9-22(19)20-8-6-10-26-17-20/h3-11,13,17,21H,1,12,14-16,18H2,2H3/t21-/m0/s1. The molecule has 3 heterocycles. The zero-order valence-corrected chi connectivity index (χ0v) is 18.2. The van der Waals surface area contributed by atoms with Gasteiger partial charge in [-0.1, -0.05) is 36.4 Å². The van der Waals surface area contributed by atoms with Gasteiger partial charge in [-0.3, -0.25) is 14.6 Å². The van der Waals surface area contributed by atoms with Crippen molar-refractivity contribution in [3.8, 4) is 11.1 Å². The van der Waals surface area contributed by atoms with Crippen molar-refractivity contribution >= 4 is 11.8 Å². The highest BCUT2D eigenvalue weighted by molar-refractivity contribution is 5.92. The van der Waals surface area contributed by atoms with Crippen LogP contribution in [-0.2, 0) is 18.3 Å². The van der Waals surface area contributed by atoms with Crippen LogP contribution >= 0.6 is 0 Å². The summed E-state index contributed by atoms with van der Waals surface area (Å²) < 4.78 is 1.71. The van der Waals surface area contributed by atoms with Crippen molar-refractivity contribution in [2.45, 2.75) is 6.42 Å². The number of amides is 2. The molecule has 32 heavy (non-hydrogen) atoms. The third-order valence-electron chi connectivity index (χ3n) is 5.85. The van der Waals surface area contributed by atoms with Gasteiger partial charge in [-0.05, 0) is 23.6 Å². The number of hydrogen-bond acceptors (Lipinski definition) is 4. The minimum absolute atomic E-state index is 0.0426. The van der Waals surface area contributed by atoms with E-state index in [9.17, 15) is 9.59 Å². The molecule has 1 fully saturated rings. The molecule has 164 valence electrons. The van der Waals surface area contributed by atoms with Gasteiger partial charge < -0.3 is 14.4 Å². The smallest absolute Gasteiger partial charge is 0.289 e. The molecule has 0 radical (unpaired) electrons. The number of aryl methyl sites for hydroxylation is 1. The van der Waals surface area contributed by atoms with Gasteiger partial charge in [0.05, 0.1) is 5.92 Å². The SMILES string of the molecule is C=CCN1CCN(C(=O)c2nccn2C)C[C@H](Cc2ccccc2-c2cccnc2)C1=O. The lowest BCUT2D eigenvalue weighted by molar-refractivity contribution is -0.134. The van der Waals surface area contributed by atoms with Crippen LogP contribution in [0.25, 0.3) is 11.1 Å². The third kappa shape index (κ3) is 4.46. The molecule has 0 unspecified atom stereocenters. The number of rotatable bonds is 6. The summed E-state index contributed by atoms with van der Waals surface area (Å²) in [7, 11) is 1.80. The Bertz CT molecular complexity index is 1110. The molecule has 1 atom stereocenters. The van der Waals surface area contributed by atoms with Gasteiger partial charge in [-0.2, -0.15) is 0 Å². The molecule has 1 aliphatic rings. The van der Waals surface area contributed by atoms with Crippen LogP contribution in [0.4, 0.5) is 0 Å². The van der Waals surface area contributed by atoms with Crippen LogP contribution < -0.4 is 0 Å². The lowest BCUT2D eigenvalue weighted by Gasteiger charge is -2.24. The Morgan fingerprint density at radius 1 is 1.19 bits per heavy atom.